The molecule has 0 saturated carbocycles. The van der Waals surface area contributed by atoms with E-state index in [0.29, 0.717) is 38.5 Å². The van der Waals surface area contributed by atoms with Gasteiger partial charge in [-0.2, -0.15) is 0 Å². The molecule has 0 aliphatic heterocycles. The van der Waals surface area contributed by atoms with Crippen LogP contribution in [0.2, 0.25) is 0 Å². The van der Waals surface area contributed by atoms with E-state index in [1.807, 2.05) is 97.1 Å². The molecule has 0 saturated heterocycles. The average Bonchev–Trinajstić information content (AvgIpc) is 3.04. The van der Waals surface area contributed by atoms with Crippen molar-refractivity contribution in [2.45, 2.75) is 0 Å². The van der Waals surface area contributed by atoms with E-state index < -0.39 is 0 Å². The van der Waals surface area contributed by atoms with Crippen LogP contribution in [-0.2, 0) is 0 Å². The van der Waals surface area contributed by atoms with E-state index >= 15 is 0 Å². The largest absolute Gasteiger partial charge is 0.507 e. The van der Waals surface area contributed by atoms with Crippen LogP contribution in [0.15, 0.2) is 137 Å². The maximum atomic E-state index is 14.1. The highest BCUT2D eigenvalue weighted by Gasteiger charge is 2.22. The minimum atomic E-state index is -0.375. The van der Waals surface area contributed by atoms with Gasteiger partial charge in [-0.1, -0.05) is 103 Å². The summed E-state index contributed by atoms with van der Waals surface area (Å²) < 4.78 is 6.64. The first kappa shape index (κ1) is 24.1. The van der Waals surface area contributed by atoms with Gasteiger partial charge in [-0.05, 0) is 51.4 Å². The van der Waals surface area contributed by atoms with E-state index in [1.165, 1.54) is 0 Å². The van der Waals surface area contributed by atoms with Crippen molar-refractivity contribution in [3.63, 3.8) is 0 Å². The number of rotatable bonds is 3. The van der Waals surface area contributed by atoms with Crippen LogP contribution in [0.3, 0.4) is 0 Å². The molecular formula is C38H22O4. The van der Waals surface area contributed by atoms with Crippen LogP contribution in [0, 0.1) is 0 Å². The molecule has 0 fully saturated rings. The number of ketones is 1. The summed E-state index contributed by atoms with van der Waals surface area (Å²) in [5.41, 5.74) is 2.67. The van der Waals surface area contributed by atoms with E-state index in [9.17, 15) is 14.7 Å². The molecule has 1 N–H and O–H groups in total. The summed E-state index contributed by atoms with van der Waals surface area (Å²) in [4.78, 5) is 28.2. The lowest BCUT2D eigenvalue weighted by Gasteiger charge is -2.14. The molecule has 4 nitrogen and oxygen atoms in total. The number of carbonyl (C=O) groups excluding carboxylic acids is 1. The number of carbonyl (C=O) groups is 1. The predicted octanol–water partition coefficient (Wildman–Crippen LogP) is 9.01. The van der Waals surface area contributed by atoms with Gasteiger partial charge in [0.15, 0.2) is 5.78 Å². The summed E-state index contributed by atoms with van der Waals surface area (Å²) in [6, 6.07) is 39.7. The Morgan fingerprint density at radius 2 is 1.14 bits per heavy atom. The van der Waals surface area contributed by atoms with Crippen LogP contribution in [0.4, 0.5) is 0 Å². The molecule has 198 valence electrons. The zero-order valence-corrected chi connectivity index (χ0v) is 22.3. The van der Waals surface area contributed by atoms with Crippen molar-refractivity contribution in [1.82, 2.24) is 0 Å². The Hall–Kier alpha value is -5.74. The van der Waals surface area contributed by atoms with Crippen molar-refractivity contribution in [3.8, 4) is 16.9 Å². The summed E-state index contributed by atoms with van der Waals surface area (Å²) in [7, 11) is 0. The molecule has 1 heterocycles. The first-order chi connectivity index (χ1) is 20.6. The third-order valence-electron chi connectivity index (χ3n) is 8.15. The fourth-order valence-electron chi connectivity index (χ4n) is 6.07. The van der Waals surface area contributed by atoms with Gasteiger partial charge < -0.3 is 9.52 Å². The smallest absolute Gasteiger partial charge is 0.200 e. The number of hydrogen-bond donors (Lipinski definition) is 1. The van der Waals surface area contributed by atoms with E-state index in [-0.39, 0.29) is 22.5 Å². The molecule has 8 rings (SSSR count). The molecule has 8 aromatic rings. The van der Waals surface area contributed by atoms with Gasteiger partial charge in [0, 0.05) is 21.9 Å². The Labute approximate surface area is 239 Å². The minimum Gasteiger partial charge on any atom is -0.507 e. The molecule has 42 heavy (non-hydrogen) atoms. The highest BCUT2D eigenvalue weighted by Crippen LogP contribution is 2.38. The standard InChI is InChI=1S/C38H22O4/c39-34(30-18-16-23-9-2-5-13-27(23)35(30)40)25-20-32(29-15-7-11-22-8-1-4-12-26(22)29)38-33(21-25)36(41)31-19-17-24-10-3-6-14-28(24)37(31)42-38/h1-21,40H. The molecule has 0 radical (unpaired) electrons. The van der Waals surface area contributed by atoms with Crippen molar-refractivity contribution in [1.29, 1.82) is 0 Å². The minimum absolute atomic E-state index is 0.0816. The van der Waals surface area contributed by atoms with Crippen molar-refractivity contribution in [2.75, 3.05) is 0 Å². The Morgan fingerprint density at radius 3 is 1.93 bits per heavy atom. The second-order valence-electron chi connectivity index (χ2n) is 10.5. The zero-order chi connectivity index (χ0) is 28.4. The van der Waals surface area contributed by atoms with Gasteiger partial charge in [-0.3, -0.25) is 9.59 Å². The summed E-state index contributed by atoms with van der Waals surface area (Å²) in [5.74, 6) is -0.457. The number of aromatic hydroxyl groups is 1. The van der Waals surface area contributed by atoms with Crippen LogP contribution >= 0.6 is 0 Å². The summed E-state index contributed by atoms with van der Waals surface area (Å²) in [6.07, 6.45) is 0. The lowest BCUT2D eigenvalue weighted by atomic mass is 9.91. The normalized spacial score (nSPS) is 11.6. The van der Waals surface area contributed by atoms with Gasteiger partial charge in [0.25, 0.3) is 0 Å². The van der Waals surface area contributed by atoms with Crippen molar-refractivity contribution >= 4 is 60.0 Å². The van der Waals surface area contributed by atoms with Gasteiger partial charge in [0.1, 0.15) is 16.9 Å². The van der Waals surface area contributed by atoms with Crippen LogP contribution < -0.4 is 5.43 Å². The van der Waals surface area contributed by atoms with Crippen LogP contribution in [0.5, 0.6) is 5.75 Å². The van der Waals surface area contributed by atoms with E-state index in [0.717, 1.165) is 32.5 Å². The number of benzene rings is 7. The van der Waals surface area contributed by atoms with Gasteiger partial charge >= 0.3 is 0 Å². The Balaban J connectivity index is 1.48. The molecule has 0 unspecified atom stereocenters. The van der Waals surface area contributed by atoms with E-state index in [1.54, 1.807) is 30.3 Å². The van der Waals surface area contributed by atoms with E-state index in [4.69, 9.17) is 4.42 Å². The van der Waals surface area contributed by atoms with Crippen molar-refractivity contribution in [3.05, 3.63) is 149 Å². The average molecular weight is 543 g/mol. The third kappa shape index (κ3) is 3.55. The lowest BCUT2D eigenvalue weighted by Crippen LogP contribution is -2.08. The molecular weight excluding hydrogens is 520 g/mol. The highest BCUT2D eigenvalue weighted by molar-refractivity contribution is 6.17. The molecule has 0 aliphatic rings. The summed E-state index contributed by atoms with van der Waals surface area (Å²) in [5, 5.41) is 17.1. The first-order valence-corrected chi connectivity index (χ1v) is 13.7. The molecule has 4 heteroatoms. The van der Waals surface area contributed by atoms with Crippen LogP contribution in [0.25, 0.3) is 65.4 Å². The number of fused-ring (bicyclic) bond motifs is 6. The van der Waals surface area contributed by atoms with Gasteiger partial charge in [0.2, 0.25) is 5.43 Å². The van der Waals surface area contributed by atoms with Crippen LogP contribution in [0.1, 0.15) is 15.9 Å². The lowest BCUT2D eigenvalue weighted by molar-refractivity contribution is 0.103. The fraction of sp³-hybridized carbons (Fsp3) is 0. The second kappa shape index (κ2) is 9.15. The maximum Gasteiger partial charge on any atom is 0.200 e. The number of hydrogen-bond acceptors (Lipinski definition) is 4. The topological polar surface area (TPSA) is 67.5 Å². The molecule has 0 atom stereocenters. The van der Waals surface area contributed by atoms with Gasteiger partial charge in [-0.25, -0.2) is 0 Å². The maximum absolute atomic E-state index is 14.1. The zero-order valence-electron chi connectivity index (χ0n) is 22.3. The highest BCUT2D eigenvalue weighted by atomic mass is 16.3. The van der Waals surface area contributed by atoms with Gasteiger partial charge in [-0.15, -0.1) is 0 Å². The summed E-state index contributed by atoms with van der Waals surface area (Å²) >= 11 is 0. The first-order valence-electron chi connectivity index (χ1n) is 13.7. The Morgan fingerprint density at radius 1 is 0.524 bits per heavy atom. The SMILES string of the molecule is O=C(c1cc(-c2cccc3ccccc23)c2oc3c(ccc4ccccc43)c(=O)c2c1)c1ccc2ccccc2c1O. The second-order valence-corrected chi connectivity index (χ2v) is 10.5. The Bertz CT molecular complexity index is 2460. The summed E-state index contributed by atoms with van der Waals surface area (Å²) in [6.45, 7) is 0. The van der Waals surface area contributed by atoms with Crippen LogP contribution in [-0.4, -0.2) is 10.9 Å². The third-order valence-corrected chi connectivity index (χ3v) is 8.15. The molecule has 1 aromatic heterocycles. The molecule has 0 bridgehead atoms. The molecule has 7 aromatic carbocycles. The van der Waals surface area contributed by atoms with Gasteiger partial charge in [0.05, 0.1) is 16.3 Å². The monoisotopic (exact) mass is 542 g/mol. The molecule has 0 amide bonds. The van der Waals surface area contributed by atoms with E-state index in [2.05, 4.69) is 0 Å². The quantitative estimate of drug-likeness (QED) is 0.137. The number of phenolic OH excluding ortho intramolecular Hbond substituents is 1. The molecule has 0 spiro atoms. The van der Waals surface area contributed by atoms with Crippen molar-refractivity contribution < 1.29 is 14.3 Å². The van der Waals surface area contributed by atoms with Crippen molar-refractivity contribution in [2.24, 2.45) is 0 Å². The molecule has 0 aliphatic carbocycles. The Kier molecular flexibility index (Phi) is 5.25. The predicted molar refractivity (Wildman–Crippen MR) is 169 cm³/mol. The fourth-order valence-corrected chi connectivity index (χ4v) is 6.07. The number of phenols is 1.